The molecule has 0 fully saturated rings. The van der Waals surface area contributed by atoms with E-state index in [4.69, 9.17) is 23.9 Å². The molecule has 1 aliphatic heterocycles. The number of allylic oxidation sites excluding steroid dienone is 1. The third kappa shape index (κ3) is 5.89. The summed E-state index contributed by atoms with van der Waals surface area (Å²) in [5.74, 6) is 1.39. The van der Waals surface area contributed by atoms with Gasteiger partial charge in [-0.2, -0.15) is 0 Å². The van der Waals surface area contributed by atoms with Gasteiger partial charge in [0.05, 0.1) is 50.9 Å². The van der Waals surface area contributed by atoms with Crippen LogP contribution in [0.25, 0.3) is 6.08 Å². The highest BCUT2D eigenvalue weighted by Gasteiger charge is 2.36. The number of ether oxygens (including phenoxy) is 4. The van der Waals surface area contributed by atoms with E-state index < -0.39 is 12.0 Å². The van der Waals surface area contributed by atoms with Gasteiger partial charge >= 0.3 is 5.97 Å². The number of aromatic nitrogens is 1. The Kier molecular flexibility index (Phi) is 9.75. The van der Waals surface area contributed by atoms with Crippen molar-refractivity contribution in [3.8, 4) is 17.2 Å². The minimum Gasteiger partial charge on any atom is -0.497 e. The highest BCUT2D eigenvalue weighted by molar-refractivity contribution is 14.1. The summed E-state index contributed by atoms with van der Waals surface area (Å²) in [6.45, 7) is 3.98. The van der Waals surface area contributed by atoms with Gasteiger partial charge in [-0.1, -0.05) is 24.7 Å². The van der Waals surface area contributed by atoms with Gasteiger partial charge in [-0.15, -0.1) is 0 Å². The summed E-state index contributed by atoms with van der Waals surface area (Å²) >= 11 is 5.74. The summed E-state index contributed by atoms with van der Waals surface area (Å²) in [6, 6.07) is 8.48. The van der Waals surface area contributed by atoms with E-state index in [1.165, 1.54) is 11.3 Å². The zero-order valence-corrected chi connectivity index (χ0v) is 27.3. The Morgan fingerprint density at radius 2 is 1.79 bits per heavy atom. The molecular formula is C28H28I2N2O6S. The Hall–Kier alpha value is -2.39. The van der Waals surface area contributed by atoms with Crippen molar-refractivity contribution >= 4 is 68.6 Å². The molecule has 0 saturated carbocycles. The molecule has 39 heavy (non-hydrogen) atoms. The summed E-state index contributed by atoms with van der Waals surface area (Å²) in [5.41, 5.74) is 2.16. The Balaban J connectivity index is 2.05. The maximum atomic E-state index is 14.0. The first kappa shape index (κ1) is 29.6. The number of nitrogens with zero attached hydrogens (tertiary/aromatic N) is 2. The maximum Gasteiger partial charge on any atom is 0.338 e. The van der Waals surface area contributed by atoms with Crippen LogP contribution >= 0.6 is 56.5 Å². The van der Waals surface area contributed by atoms with Gasteiger partial charge in [0, 0.05) is 5.56 Å². The molecule has 0 amide bonds. The molecule has 0 saturated heterocycles. The first-order valence-electron chi connectivity index (χ1n) is 12.2. The van der Waals surface area contributed by atoms with E-state index in [9.17, 15) is 9.59 Å². The van der Waals surface area contributed by atoms with E-state index >= 15 is 0 Å². The van der Waals surface area contributed by atoms with E-state index in [0.29, 0.717) is 44.1 Å². The van der Waals surface area contributed by atoms with Crippen LogP contribution < -0.4 is 29.1 Å². The van der Waals surface area contributed by atoms with E-state index in [0.717, 1.165) is 24.9 Å². The second-order valence-corrected chi connectivity index (χ2v) is 11.9. The van der Waals surface area contributed by atoms with Gasteiger partial charge < -0.3 is 18.9 Å². The first-order chi connectivity index (χ1) is 18.8. The SMILES string of the molecule is CCCC1=C(C(=O)OCC)[C@H](c2cc(OC)ccc2OC)n2c(s/c(=C\c3cc(I)c(OC)c(I)c3)c2=O)=N1. The number of fused-ring (bicyclic) bond motifs is 1. The van der Waals surface area contributed by atoms with Crippen molar-refractivity contribution in [2.45, 2.75) is 32.7 Å². The van der Waals surface area contributed by atoms with Gasteiger partial charge in [0.2, 0.25) is 0 Å². The van der Waals surface area contributed by atoms with Gasteiger partial charge in [0.1, 0.15) is 23.3 Å². The van der Waals surface area contributed by atoms with Crippen LogP contribution in [0.1, 0.15) is 43.9 Å². The summed E-state index contributed by atoms with van der Waals surface area (Å²) in [6.07, 6.45) is 3.17. The molecule has 0 spiro atoms. The minimum atomic E-state index is -0.801. The molecule has 206 valence electrons. The van der Waals surface area contributed by atoms with Crippen molar-refractivity contribution in [2.75, 3.05) is 27.9 Å². The number of esters is 1. The monoisotopic (exact) mass is 774 g/mol. The molecule has 4 rings (SSSR count). The Bertz CT molecular complexity index is 1600. The molecule has 1 aliphatic rings. The molecule has 3 aromatic rings. The molecule has 1 aromatic heterocycles. The van der Waals surface area contributed by atoms with E-state index in [1.807, 2.05) is 25.1 Å². The van der Waals surface area contributed by atoms with E-state index in [1.54, 1.807) is 51.0 Å². The van der Waals surface area contributed by atoms with Crippen LogP contribution in [0.5, 0.6) is 17.2 Å². The predicted molar refractivity (Wildman–Crippen MR) is 168 cm³/mol. The van der Waals surface area contributed by atoms with Gasteiger partial charge in [-0.3, -0.25) is 9.36 Å². The normalized spacial score (nSPS) is 15.1. The third-order valence-electron chi connectivity index (χ3n) is 6.15. The number of benzene rings is 2. The van der Waals surface area contributed by atoms with Crippen LogP contribution in [-0.4, -0.2) is 38.5 Å². The zero-order valence-electron chi connectivity index (χ0n) is 22.2. The number of carbonyl (C=O) groups is 1. The summed E-state index contributed by atoms with van der Waals surface area (Å²) in [7, 11) is 4.77. The summed E-state index contributed by atoms with van der Waals surface area (Å²) < 4.78 is 26.1. The number of hydrogen-bond donors (Lipinski definition) is 0. The van der Waals surface area contributed by atoms with Gasteiger partial charge in [0.15, 0.2) is 4.80 Å². The fourth-order valence-electron chi connectivity index (χ4n) is 4.48. The molecule has 0 aliphatic carbocycles. The number of carbonyl (C=O) groups excluding carboxylic acids is 1. The van der Waals surface area contributed by atoms with Crippen LogP contribution in [0.3, 0.4) is 0 Å². The first-order valence-corrected chi connectivity index (χ1v) is 15.2. The maximum absolute atomic E-state index is 14.0. The van der Waals surface area contributed by atoms with Crippen molar-refractivity contribution in [2.24, 2.45) is 4.99 Å². The number of methoxy groups -OCH3 is 3. The standard InChI is InChI=1S/C28H28I2N2O6S/c1-6-8-20-23(27(34)38-7-2)24(17-14-16(35-3)9-10-21(17)36-4)32-26(33)22(39-28(32)31-20)13-15-11-18(29)25(37-5)19(30)12-15/h9-14,24H,6-8H2,1-5H3/b22-13-/t24-/m0/s1. The molecule has 0 N–H and O–H groups in total. The number of halogens is 2. The van der Waals surface area contributed by atoms with Crippen molar-refractivity contribution in [3.05, 3.63) is 79.6 Å². The molecule has 0 bridgehead atoms. The van der Waals surface area contributed by atoms with Crippen molar-refractivity contribution in [1.29, 1.82) is 0 Å². The molecule has 0 unspecified atom stereocenters. The topological polar surface area (TPSA) is 88.4 Å². The average molecular weight is 774 g/mol. The van der Waals surface area contributed by atoms with E-state index in [2.05, 4.69) is 45.2 Å². The third-order valence-corrected chi connectivity index (χ3v) is 8.73. The second kappa shape index (κ2) is 12.9. The van der Waals surface area contributed by atoms with Crippen molar-refractivity contribution < 1.29 is 23.7 Å². The second-order valence-electron chi connectivity index (χ2n) is 8.54. The lowest BCUT2D eigenvalue weighted by atomic mass is 9.93. The summed E-state index contributed by atoms with van der Waals surface area (Å²) in [4.78, 5) is 32.8. The largest absolute Gasteiger partial charge is 0.497 e. The van der Waals surface area contributed by atoms with Gasteiger partial charge in [0.25, 0.3) is 5.56 Å². The number of thiazole rings is 1. The van der Waals surface area contributed by atoms with Crippen LogP contribution in [0.2, 0.25) is 0 Å². The van der Waals surface area contributed by atoms with Crippen molar-refractivity contribution in [1.82, 2.24) is 4.57 Å². The highest BCUT2D eigenvalue weighted by atomic mass is 127. The van der Waals surface area contributed by atoms with Crippen molar-refractivity contribution in [3.63, 3.8) is 0 Å². The van der Waals surface area contributed by atoms with Crippen LogP contribution in [-0.2, 0) is 9.53 Å². The fourth-order valence-corrected chi connectivity index (χ4v) is 7.75. The lowest BCUT2D eigenvalue weighted by Crippen LogP contribution is -2.40. The Morgan fingerprint density at radius 3 is 2.38 bits per heavy atom. The quantitative estimate of drug-likeness (QED) is 0.229. The average Bonchev–Trinajstić information content (AvgIpc) is 3.21. The molecule has 1 atom stereocenters. The van der Waals surface area contributed by atoms with Crippen LogP contribution in [0.4, 0.5) is 0 Å². The molecule has 2 heterocycles. The summed E-state index contributed by atoms with van der Waals surface area (Å²) in [5, 5.41) is 0. The highest BCUT2D eigenvalue weighted by Crippen LogP contribution is 2.38. The Morgan fingerprint density at radius 1 is 1.08 bits per heavy atom. The molecule has 0 radical (unpaired) electrons. The lowest BCUT2D eigenvalue weighted by Gasteiger charge is -2.27. The van der Waals surface area contributed by atoms with Gasteiger partial charge in [-0.05, 0) is 100 Å². The minimum absolute atomic E-state index is 0.197. The lowest BCUT2D eigenvalue weighted by molar-refractivity contribution is -0.139. The number of hydrogen-bond acceptors (Lipinski definition) is 8. The number of rotatable bonds is 9. The van der Waals surface area contributed by atoms with Gasteiger partial charge in [-0.25, -0.2) is 9.79 Å². The fraction of sp³-hybridized carbons (Fsp3) is 0.321. The smallest absolute Gasteiger partial charge is 0.338 e. The molecular weight excluding hydrogens is 746 g/mol. The molecule has 11 heteroatoms. The predicted octanol–water partition coefficient (Wildman–Crippen LogP) is 4.81. The zero-order chi connectivity index (χ0) is 28.3. The van der Waals surface area contributed by atoms with Crippen LogP contribution in [0, 0.1) is 7.14 Å². The Labute approximate surface area is 257 Å². The van der Waals surface area contributed by atoms with Crippen LogP contribution in [0.15, 0.2) is 51.4 Å². The van der Waals surface area contributed by atoms with E-state index in [-0.39, 0.29) is 12.2 Å². The molecule has 2 aromatic carbocycles. The molecule has 8 nitrogen and oxygen atoms in total.